The van der Waals surface area contributed by atoms with Gasteiger partial charge in [0.05, 0.1) is 11.7 Å². The monoisotopic (exact) mass is 224 g/mol. The number of aliphatic hydroxyl groups is 2. The zero-order valence-corrected chi connectivity index (χ0v) is 10.7. The number of allylic oxidation sites excluding steroid dienone is 1. The Morgan fingerprint density at radius 1 is 1.31 bits per heavy atom. The summed E-state index contributed by atoms with van der Waals surface area (Å²) in [5, 5.41) is 19.8. The molecule has 0 aromatic rings. The first kappa shape index (κ1) is 12.1. The van der Waals surface area contributed by atoms with Crippen LogP contribution in [0.25, 0.3) is 0 Å². The predicted molar refractivity (Wildman–Crippen MR) is 65.1 cm³/mol. The molecule has 0 saturated heterocycles. The number of fused-ring (bicyclic) bond motifs is 1. The molecule has 0 radical (unpaired) electrons. The van der Waals surface area contributed by atoms with Gasteiger partial charge < -0.3 is 10.2 Å². The lowest BCUT2D eigenvalue weighted by molar-refractivity contribution is -0.00640. The lowest BCUT2D eigenvalue weighted by Gasteiger charge is -2.46. The Morgan fingerprint density at radius 2 is 1.94 bits per heavy atom. The van der Waals surface area contributed by atoms with Crippen LogP contribution in [0.5, 0.6) is 0 Å². The van der Waals surface area contributed by atoms with Crippen molar-refractivity contribution >= 4 is 0 Å². The smallest absolute Gasteiger partial charge is 0.0724 e. The molecular weight excluding hydrogens is 200 g/mol. The van der Waals surface area contributed by atoms with Gasteiger partial charge in [0.15, 0.2) is 0 Å². The van der Waals surface area contributed by atoms with Crippen LogP contribution in [0.2, 0.25) is 0 Å². The topological polar surface area (TPSA) is 40.5 Å². The molecular formula is C14H24O2. The summed E-state index contributed by atoms with van der Waals surface area (Å²) in [7, 11) is 0. The van der Waals surface area contributed by atoms with E-state index in [9.17, 15) is 10.2 Å². The fourth-order valence-electron chi connectivity index (χ4n) is 3.21. The third kappa shape index (κ3) is 2.18. The molecule has 1 fully saturated rings. The number of hydrogen-bond acceptors (Lipinski definition) is 2. The molecule has 0 spiro atoms. The Kier molecular flexibility index (Phi) is 2.92. The summed E-state index contributed by atoms with van der Waals surface area (Å²) in [6.45, 7) is 6.12. The van der Waals surface area contributed by atoms with Crippen LogP contribution in [0.4, 0.5) is 0 Å². The van der Waals surface area contributed by atoms with E-state index in [0.717, 1.165) is 32.1 Å². The van der Waals surface area contributed by atoms with Gasteiger partial charge in [0.1, 0.15) is 0 Å². The Hall–Kier alpha value is -0.340. The van der Waals surface area contributed by atoms with Gasteiger partial charge in [-0.05, 0) is 57.3 Å². The first-order chi connectivity index (χ1) is 7.31. The second-order valence-corrected chi connectivity index (χ2v) is 6.45. The van der Waals surface area contributed by atoms with Crippen LogP contribution in [0, 0.1) is 11.3 Å². The summed E-state index contributed by atoms with van der Waals surface area (Å²) < 4.78 is 0. The van der Waals surface area contributed by atoms with Crippen LogP contribution < -0.4 is 0 Å². The molecule has 3 atom stereocenters. The highest BCUT2D eigenvalue weighted by molar-refractivity contribution is 5.22. The van der Waals surface area contributed by atoms with Crippen molar-refractivity contribution in [3.8, 4) is 0 Å². The fraction of sp³-hybridized carbons (Fsp3) is 0.857. The summed E-state index contributed by atoms with van der Waals surface area (Å²) in [6, 6.07) is 0. The van der Waals surface area contributed by atoms with E-state index in [2.05, 4.69) is 6.92 Å². The SMILES string of the molecule is CC(C)(O)[C@@H]1CC[C@]2(C)CCC(O)C=C2C1. The van der Waals surface area contributed by atoms with Crippen molar-refractivity contribution in [1.82, 2.24) is 0 Å². The van der Waals surface area contributed by atoms with Crippen molar-refractivity contribution < 1.29 is 10.2 Å². The third-order valence-electron chi connectivity index (χ3n) is 4.67. The van der Waals surface area contributed by atoms with Crippen LogP contribution >= 0.6 is 0 Å². The first-order valence-corrected chi connectivity index (χ1v) is 6.43. The summed E-state index contributed by atoms with van der Waals surface area (Å²) in [6.07, 6.45) is 6.99. The average molecular weight is 224 g/mol. The van der Waals surface area contributed by atoms with Crippen LogP contribution in [0.3, 0.4) is 0 Å². The van der Waals surface area contributed by atoms with E-state index in [0.29, 0.717) is 11.3 Å². The minimum Gasteiger partial charge on any atom is -0.390 e. The maximum absolute atomic E-state index is 10.1. The standard InChI is InChI=1S/C14H24O2/c1-13(2,16)10-4-6-14(3)7-5-12(15)9-11(14)8-10/h9-10,12,15-16H,4-8H2,1-3H3/t10-,12?,14-/m1/s1. The first-order valence-electron chi connectivity index (χ1n) is 6.43. The van der Waals surface area contributed by atoms with Gasteiger partial charge in [-0.1, -0.05) is 18.6 Å². The van der Waals surface area contributed by atoms with Gasteiger partial charge in [-0.25, -0.2) is 0 Å². The molecule has 0 bridgehead atoms. The predicted octanol–water partition coefficient (Wildman–Crippen LogP) is 2.64. The van der Waals surface area contributed by atoms with Gasteiger partial charge in [0.2, 0.25) is 0 Å². The number of aliphatic hydroxyl groups excluding tert-OH is 1. The molecule has 2 heteroatoms. The molecule has 2 aliphatic rings. The second kappa shape index (κ2) is 3.85. The molecule has 1 saturated carbocycles. The van der Waals surface area contributed by atoms with E-state index in [1.54, 1.807) is 0 Å². The summed E-state index contributed by atoms with van der Waals surface area (Å²) in [5.74, 6) is 0.345. The van der Waals surface area contributed by atoms with Crippen LogP contribution in [0.1, 0.15) is 52.9 Å². The van der Waals surface area contributed by atoms with E-state index in [4.69, 9.17) is 0 Å². The highest BCUT2D eigenvalue weighted by atomic mass is 16.3. The molecule has 2 aliphatic carbocycles. The zero-order valence-electron chi connectivity index (χ0n) is 10.7. The number of rotatable bonds is 1. The zero-order chi connectivity index (χ0) is 12.0. The van der Waals surface area contributed by atoms with Gasteiger partial charge in [-0.2, -0.15) is 0 Å². The van der Waals surface area contributed by atoms with Gasteiger partial charge in [0, 0.05) is 0 Å². The van der Waals surface area contributed by atoms with Gasteiger partial charge in [-0.3, -0.25) is 0 Å². The lowest BCUT2D eigenvalue weighted by atomic mass is 9.61. The molecule has 1 unspecified atom stereocenters. The maximum Gasteiger partial charge on any atom is 0.0724 e. The van der Waals surface area contributed by atoms with Gasteiger partial charge in [0.25, 0.3) is 0 Å². The van der Waals surface area contributed by atoms with Gasteiger partial charge >= 0.3 is 0 Å². The Morgan fingerprint density at radius 3 is 2.56 bits per heavy atom. The average Bonchev–Trinajstić information content (AvgIpc) is 2.16. The normalized spacial score (nSPS) is 40.2. The molecule has 92 valence electrons. The van der Waals surface area contributed by atoms with Gasteiger partial charge in [-0.15, -0.1) is 0 Å². The van der Waals surface area contributed by atoms with Crippen LogP contribution in [-0.2, 0) is 0 Å². The Labute approximate surface area is 98.4 Å². The second-order valence-electron chi connectivity index (χ2n) is 6.45. The summed E-state index contributed by atoms with van der Waals surface area (Å²) in [4.78, 5) is 0. The molecule has 2 N–H and O–H groups in total. The molecule has 0 aromatic carbocycles. The van der Waals surface area contributed by atoms with Crippen LogP contribution in [0.15, 0.2) is 11.6 Å². The van der Waals surface area contributed by atoms with E-state index in [-0.39, 0.29) is 6.10 Å². The maximum atomic E-state index is 10.1. The van der Waals surface area contributed by atoms with E-state index in [1.807, 2.05) is 19.9 Å². The minimum atomic E-state index is -0.593. The van der Waals surface area contributed by atoms with E-state index < -0.39 is 5.60 Å². The van der Waals surface area contributed by atoms with Crippen molar-refractivity contribution in [2.45, 2.75) is 64.6 Å². The molecule has 0 amide bonds. The van der Waals surface area contributed by atoms with Crippen molar-refractivity contribution in [1.29, 1.82) is 0 Å². The summed E-state index contributed by atoms with van der Waals surface area (Å²) >= 11 is 0. The number of hydrogen-bond donors (Lipinski definition) is 2. The molecule has 2 nitrogen and oxygen atoms in total. The highest BCUT2D eigenvalue weighted by Crippen LogP contribution is 2.50. The van der Waals surface area contributed by atoms with E-state index in [1.165, 1.54) is 5.57 Å². The van der Waals surface area contributed by atoms with Crippen molar-refractivity contribution in [2.24, 2.45) is 11.3 Å². The van der Waals surface area contributed by atoms with Crippen molar-refractivity contribution in [3.63, 3.8) is 0 Å². The lowest BCUT2D eigenvalue weighted by Crippen LogP contribution is -2.40. The van der Waals surface area contributed by atoms with Crippen molar-refractivity contribution in [2.75, 3.05) is 0 Å². The minimum absolute atomic E-state index is 0.261. The molecule has 0 heterocycles. The Bertz CT molecular complexity index is 300. The molecule has 0 aromatic heterocycles. The quantitative estimate of drug-likeness (QED) is 0.672. The van der Waals surface area contributed by atoms with E-state index >= 15 is 0 Å². The van der Waals surface area contributed by atoms with Crippen LogP contribution in [-0.4, -0.2) is 21.9 Å². The largest absolute Gasteiger partial charge is 0.390 e. The Balaban J connectivity index is 2.19. The summed E-state index contributed by atoms with van der Waals surface area (Å²) in [5.41, 5.74) is 1.08. The molecule has 0 aliphatic heterocycles. The molecule has 16 heavy (non-hydrogen) atoms. The molecule has 2 rings (SSSR count). The third-order valence-corrected chi connectivity index (χ3v) is 4.67. The van der Waals surface area contributed by atoms with Crippen molar-refractivity contribution in [3.05, 3.63) is 11.6 Å². The highest BCUT2D eigenvalue weighted by Gasteiger charge is 2.41. The fourth-order valence-corrected chi connectivity index (χ4v) is 3.21.